The highest BCUT2D eigenvalue weighted by molar-refractivity contribution is 5.99. The molecular weight excluding hydrogens is 545 g/mol. The first-order valence-electron chi connectivity index (χ1n) is 15.0. The Hall–Kier alpha value is -4.11. The summed E-state index contributed by atoms with van der Waals surface area (Å²) in [5.74, 6) is -1.12. The minimum atomic E-state index is -0.558. The van der Waals surface area contributed by atoms with Gasteiger partial charge < -0.3 is 21.3 Å². The number of amides is 3. The molecule has 0 aliphatic carbocycles. The molecule has 1 aromatic heterocycles. The molecule has 43 heavy (non-hydrogen) atoms. The number of halogens is 1. The Labute approximate surface area is 253 Å². The van der Waals surface area contributed by atoms with Gasteiger partial charge in [0.25, 0.3) is 11.8 Å². The van der Waals surface area contributed by atoms with Crippen molar-refractivity contribution in [1.82, 2.24) is 15.2 Å². The van der Waals surface area contributed by atoms with Crippen LogP contribution in [-0.2, 0) is 11.2 Å². The van der Waals surface area contributed by atoms with Crippen molar-refractivity contribution in [3.05, 3.63) is 95.6 Å². The molecule has 2 heterocycles. The quantitative estimate of drug-likeness (QED) is 0.269. The minimum absolute atomic E-state index is 0.108. The molecule has 2 aromatic carbocycles. The van der Waals surface area contributed by atoms with E-state index in [1.165, 1.54) is 36.7 Å². The highest BCUT2D eigenvalue weighted by atomic mass is 19.1. The molecule has 0 unspecified atom stereocenters. The molecule has 4 atom stereocenters. The zero-order valence-electron chi connectivity index (χ0n) is 25.1. The largest absolute Gasteiger partial charge is 0.347 e. The number of carbonyl (C=O) groups excluding carboxylic acids is 3. The van der Waals surface area contributed by atoms with Crippen LogP contribution in [-0.4, -0.2) is 52.3 Å². The molecule has 9 heteroatoms. The van der Waals surface area contributed by atoms with Crippen LogP contribution in [0.1, 0.15) is 72.7 Å². The lowest BCUT2D eigenvalue weighted by atomic mass is 9.92. The van der Waals surface area contributed by atoms with Gasteiger partial charge in [-0.1, -0.05) is 51.1 Å². The predicted octanol–water partition coefficient (Wildman–Crippen LogP) is 5.20. The number of anilines is 1. The van der Waals surface area contributed by atoms with Gasteiger partial charge in [0, 0.05) is 48.7 Å². The number of pyridine rings is 1. The van der Waals surface area contributed by atoms with E-state index in [0.29, 0.717) is 36.6 Å². The fraction of sp³-hybridized carbons (Fsp3) is 0.412. The van der Waals surface area contributed by atoms with E-state index >= 15 is 0 Å². The topological polar surface area (TPSA) is 117 Å². The normalized spacial score (nSPS) is 16.9. The van der Waals surface area contributed by atoms with E-state index in [4.69, 9.17) is 5.73 Å². The number of nitrogens with zero attached hydrogens (tertiary/aromatic N) is 2. The van der Waals surface area contributed by atoms with E-state index in [1.54, 1.807) is 13.0 Å². The Balaban J connectivity index is 1.46. The van der Waals surface area contributed by atoms with Gasteiger partial charge in [0.1, 0.15) is 5.82 Å². The number of nitrogens with two attached hydrogens (primary N) is 1. The number of carbonyl (C=O) groups is 3. The van der Waals surface area contributed by atoms with Crippen LogP contribution in [0.25, 0.3) is 0 Å². The summed E-state index contributed by atoms with van der Waals surface area (Å²) in [4.78, 5) is 45.9. The predicted molar refractivity (Wildman–Crippen MR) is 166 cm³/mol. The van der Waals surface area contributed by atoms with Crippen molar-refractivity contribution in [2.24, 2.45) is 17.6 Å². The molecule has 0 saturated carbocycles. The van der Waals surface area contributed by atoms with E-state index in [2.05, 4.69) is 29.5 Å². The van der Waals surface area contributed by atoms with E-state index < -0.39 is 18.0 Å². The van der Waals surface area contributed by atoms with Crippen molar-refractivity contribution in [3.63, 3.8) is 0 Å². The van der Waals surface area contributed by atoms with Crippen molar-refractivity contribution in [1.29, 1.82) is 0 Å². The third-order valence-corrected chi connectivity index (χ3v) is 7.95. The zero-order chi connectivity index (χ0) is 30.9. The Morgan fingerprint density at radius 2 is 1.72 bits per heavy atom. The zero-order valence-corrected chi connectivity index (χ0v) is 25.1. The van der Waals surface area contributed by atoms with Gasteiger partial charge in [-0.3, -0.25) is 19.4 Å². The Kier molecular flexibility index (Phi) is 11.0. The highest BCUT2D eigenvalue weighted by Crippen LogP contribution is 2.25. The van der Waals surface area contributed by atoms with Crippen molar-refractivity contribution < 1.29 is 18.8 Å². The lowest BCUT2D eigenvalue weighted by Crippen LogP contribution is -2.50. The molecular formula is C34H42FN5O3. The number of likely N-dealkylation sites (tertiary alicyclic amines) is 1. The molecule has 3 amide bonds. The Bertz CT molecular complexity index is 1380. The number of aromatic nitrogens is 1. The average molecular weight is 588 g/mol. The van der Waals surface area contributed by atoms with Crippen LogP contribution >= 0.6 is 0 Å². The molecule has 1 aliphatic heterocycles. The van der Waals surface area contributed by atoms with E-state index in [1.807, 2.05) is 35.2 Å². The molecule has 0 spiro atoms. The van der Waals surface area contributed by atoms with Gasteiger partial charge in [-0.05, 0) is 73.9 Å². The van der Waals surface area contributed by atoms with E-state index in [0.717, 1.165) is 24.8 Å². The fourth-order valence-corrected chi connectivity index (χ4v) is 5.65. The number of hydrogen-bond donors (Lipinski definition) is 3. The summed E-state index contributed by atoms with van der Waals surface area (Å²) in [5, 5.41) is 5.84. The second kappa shape index (κ2) is 14.9. The van der Waals surface area contributed by atoms with E-state index in [9.17, 15) is 18.8 Å². The average Bonchev–Trinajstić information content (AvgIpc) is 3.45. The highest BCUT2D eigenvalue weighted by Gasteiger charge is 2.31. The molecule has 228 valence electrons. The van der Waals surface area contributed by atoms with Gasteiger partial charge in [0.2, 0.25) is 5.91 Å². The number of benzene rings is 2. The number of nitrogens with one attached hydrogen (secondary N) is 2. The minimum Gasteiger partial charge on any atom is -0.347 e. The van der Waals surface area contributed by atoms with Crippen molar-refractivity contribution in [2.45, 2.75) is 71.0 Å². The third kappa shape index (κ3) is 8.94. The standard InChI is InChI=1S/C34H42FN5O3/c1-22(2)16-29-10-7-15-40(29)34(43)26-19-25(20-37-21-26)33(42)39-31(18-24-8-5-4-6-9-24)30(36)17-23(3)32(41)38-28-13-11-27(35)12-14-28/h4-6,8-9,11-14,19-23,29-31H,7,10,15-18,36H2,1-3H3,(H,38,41)(H,39,42)/t23-,29-,30+,31+/m1/s1. The van der Waals surface area contributed by atoms with Crippen LogP contribution in [0.15, 0.2) is 73.1 Å². The second-order valence-corrected chi connectivity index (χ2v) is 12.0. The summed E-state index contributed by atoms with van der Waals surface area (Å²) in [6.07, 6.45) is 6.61. The van der Waals surface area contributed by atoms with Crippen LogP contribution < -0.4 is 16.4 Å². The first kappa shape index (κ1) is 31.8. The second-order valence-electron chi connectivity index (χ2n) is 12.0. The van der Waals surface area contributed by atoms with Crippen LogP contribution in [0, 0.1) is 17.7 Å². The van der Waals surface area contributed by atoms with Gasteiger partial charge in [0.15, 0.2) is 0 Å². The van der Waals surface area contributed by atoms with E-state index in [-0.39, 0.29) is 35.1 Å². The van der Waals surface area contributed by atoms with Gasteiger partial charge in [-0.25, -0.2) is 4.39 Å². The van der Waals surface area contributed by atoms with Crippen molar-refractivity contribution in [3.8, 4) is 0 Å². The van der Waals surface area contributed by atoms with Gasteiger partial charge in [-0.2, -0.15) is 0 Å². The van der Waals surface area contributed by atoms with Gasteiger partial charge >= 0.3 is 0 Å². The molecule has 8 nitrogen and oxygen atoms in total. The van der Waals surface area contributed by atoms with Crippen molar-refractivity contribution in [2.75, 3.05) is 11.9 Å². The molecule has 0 radical (unpaired) electrons. The summed E-state index contributed by atoms with van der Waals surface area (Å²) in [6.45, 7) is 6.78. The smallest absolute Gasteiger partial charge is 0.255 e. The monoisotopic (exact) mass is 587 g/mol. The molecule has 3 aromatic rings. The van der Waals surface area contributed by atoms with Crippen LogP contribution in [0.2, 0.25) is 0 Å². The number of rotatable bonds is 12. The first-order chi connectivity index (χ1) is 20.6. The Morgan fingerprint density at radius 1 is 1.02 bits per heavy atom. The summed E-state index contributed by atoms with van der Waals surface area (Å²) in [5.41, 5.74) is 8.78. The summed E-state index contributed by atoms with van der Waals surface area (Å²) in [6, 6.07) is 16.0. The molecule has 4 rings (SSSR count). The maximum absolute atomic E-state index is 13.5. The van der Waals surface area contributed by atoms with Gasteiger partial charge in [0.05, 0.1) is 11.1 Å². The lowest BCUT2D eigenvalue weighted by molar-refractivity contribution is -0.119. The molecule has 1 aliphatic rings. The van der Waals surface area contributed by atoms with Gasteiger partial charge in [-0.15, -0.1) is 0 Å². The first-order valence-corrected chi connectivity index (χ1v) is 15.0. The lowest BCUT2D eigenvalue weighted by Gasteiger charge is -2.28. The maximum Gasteiger partial charge on any atom is 0.255 e. The summed E-state index contributed by atoms with van der Waals surface area (Å²) >= 11 is 0. The number of hydrogen-bond acceptors (Lipinski definition) is 5. The van der Waals surface area contributed by atoms with Crippen LogP contribution in [0.3, 0.4) is 0 Å². The third-order valence-electron chi connectivity index (χ3n) is 7.95. The molecule has 1 saturated heterocycles. The maximum atomic E-state index is 13.5. The SMILES string of the molecule is CC(C)C[C@H]1CCCN1C(=O)c1cncc(C(=O)N[C@@H](Cc2ccccc2)[C@@H](N)C[C@@H](C)C(=O)Nc2ccc(F)cc2)c1. The van der Waals surface area contributed by atoms with Crippen molar-refractivity contribution >= 4 is 23.4 Å². The van der Waals surface area contributed by atoms with Crippen LogP contribution in [0.5, 0.6) is 0 Å². The molecule has 1 fully saturated rings. The summed E-state index contributed by atoms with van der Waals surface area (Å²) < 4.78 is 13.3. The fourth-order valence-electron chi connectivity index (χ4n) is 5.65. The summed E-state index contributed by atoms with van der Waals surface area (Å²) in [7, 11) is 0. The molecule has 4 N–H and O–H groups in total. The Morgan fingerprint density at radius 3 is 2.42 bits per heavy atom. The molecule has 0 bridgehead atoms. The van der Waals surface area contributed by atoms with Crippen LogP contribution in [0.4, 0.5) is 10.1 Å².